The van der Waals surface area contributed by atoms with Gasteiger partial charge in [0.1, 0.15) is 6.04 Å². The average molecular weight is 302 g/mol. The number of amides is 2. The van der Waals surface area contributed by atoms with Crippen molar-refractivity contribution in [1.29, 1.82) is 0 Å². The third-order valence-electron chi connectivity index (χ3n) is 3.52. The molecule has 2 rings (SSSR count). The van der Waals surface area contributed by atoms with E-state index in [4.69, 9.17) is 4.74 Å². The second kappa shape index (κ2) is 6.67. The van der Waals surface area contributed by atoms with E-state index in [0.29, 0.717) is 24.9 Å². The molecular formula is C13H22N2O4S. The molecule has 2 fully saturated rings. The minimum absolute atomic E-state index is 0.00962. The molecular weight excluding hydrogens is 280 g/mol. The highest BCUT2D eigenvalue weighted by Crippen LogP contribution is 2.45. The van der Waals surface area contributed by atoms with E-state index in [1.165, 1.54) is 4.90 Å². The lowest BCUT2D eigenvalue weighted by Crippen LogP contribution is -2.53. The molecule has 6 nitrogen and oxygen atoms in total. The van der Waals surface area contributed by atoms with E-state index in [2.05, 4.69) is 5.32 Å². The molecule has 0 radical (unpaired) electrons. The van der Waals surface area contributed by atoms with Gasteiger partial charge in [0.15, 0.2) is 0 Å². The van der Waals surface area contributed by atoms with Crippen LogP contribution in [0.2, 0.25) is 0 Å². The number of carboxylic acids is 1. The fourth-order valence-corrected chi connectivity index (χ4v) is 3.97. The van der Waals surface area contributed by atoms with E-state index in [1.54, 1.807) is 11.8 Å². The first-order valence-electron chi connectivity index (χ1n) is 7.05. The molecule has 7 heteroatoms. The Hall–Kier alpha value is -0.950. The predicted molar refractivity (Wildman–Crippen MR) is 76.7 cm³/mol. The van der Waals surface area contributed by atoms with Gasteiger partial charge in [-0.05, 0) is 32.6 Å². The molecule has 1 saturated heterocycles. The summed E-state index contributed by atoms with van der Waals surface area (Å²) in [6.07, 6.45) is 2.17. The van der Waals surface area contributed by atoms with Crippen LogP contribution in [-0.2, 0) is 9.53 Å². The van der Waals surface area contributed by atoms with Crippen LogP contribution in [0.4, 0.5) is 4.79 Å². The van der Waals surface area contributed by atoms with Gasteiger partial charge in [-0.25, -0.2) is 9.59 Å². The maximum absolute atomic E-state index is 12.4. The Balaban J connectivity index is 1.97. The number of ether oxygens (including phenoxy) is 1. The summed E-state index contributed by atoms with van der Waals surface area (Å²) in [6.45, 7) is 4.80. The van der Waals surface area contributed by atoms with Crippen LogP contribution in [0, 0.1) is 5.92 Å². The largest absolute Gasteiger partial charge is 0.480 e. The SMILES string of the molecule is CCOCC(C)NC(=O)N1C(C(=O)O)CSC1C1CC1. The first kappa shape index (κ1) is 15.4. The van der Waals surface area contributed by atoms with E-state index in [-0.39, 0.29) is 17.4 Å². The summed E-state index contributed by atoms with van der Waals surface area (Å²) in [4.78, 5) is 25.2. The first-order chi connectivity index (χ1) is 9.54. The second-order valence-corrected chi connectivity index (χ2v) is 6.48. The number of nitrogens with zero attached hydrogens (tertiary/aromatic N) is 1. The molecule has 2 amide bonds. The van der Waals surface area contributed by atoms with Crippen molar-refractivity contribution in [3.05, 3.63) is 0 Å². The summed E-state index contributed by atoms with van der Waals surface area (Å²) >= 11 is 1.58. The van der Waals surface area contributed by atoms with Gasteiger partial charge in [-0.3, -0.25) is 4.90 Å². The minimum Gasteiger partial charge on any atom is -0.480 e. The zero-order chi connectivity index (χ0) is 14.7. The summed E-state index contributed by atoms with van der Waals surface area (Å²) < 4.78 is 5.26. The molecule has 0 aromatic heterocycles. The Morgan fingerprint density at radius 3 is 2.75 bits per heavy atom. The predicted octanol–water partition coefficient (Wildman–Crippen LogP) is 1.36. The van der Waals surface area contributed by atoms with E-state index in [1.807, 2.05) is 13.8 Å². The van der Waals surface area contributed by atoms with Gasteiger partial charge in [0.25, 0.3) is 0 Å². The zero-order valence-corrected chi connectivity index (χ0v) is 12.7. The van der Waals surface area contributed by atoms with E-state index in [9.17, 15) is 14.7 Å². The number of carbonyl (C=O) groups excluding carboxylic acids is 1. The number of urea groups is 1. The standard InChI is InChI=1S/C13H22N2O4S/c1-3-19-6-8(2)14-13(18)15-10(12(16)17)7-20-11(15)9-4-5-9/h8-11H,3-7H2,1-2H3,(H,14,18)(H,16,17). The summed E-state index contributed by atoms with van der Waals surface area (Å²) in [5.41, 5.74) is 0. The molecule has 3 unspecified atom stereocenters. The average Bonchev–Trinajstić information content (AvgIpc) is 3.14. The first-order valence-corrected chi connectivity index (χ1v) is 8.10. The Morgan fingerprint density at radius 1 is 1.50 bits per heavy atom. The van der Waals surface area contributed by atoms with E-state index in [0.717, 1.165) is 12.8 Å². The highest BCUT2D eigenvalue weighted by Gasteiger charge is 2.48. The molecule has 20 heavy (non-hydrogen) atoms. The number of hydrogen-bond acceptors (Lipinski definition) is 4. The van der Waals surface area contributed by atoms with Crippen LogP contribution < -0.4 is 5.32 Å². The van der Waals surface area contributed by atoms with Gasteiger partial charge in [0.2, 0.25) is 0 Å². The highest BCUT2D eigenvalue weighted by atomic mass is 32.2. The number of nitrogens with one attached hydrogen (secondary N) is 1. The Kier molecular flexibility index (Phi) is 5.15. The molecule has 0 aromatic rings. The number of rotatable bonds is 6. The number of hydrogen-bond donors (Lipinski definition) is 2. The molecule has 1 aliphatic heterocycles. The molecule has 0 bridgehead atoms. The van der Waals surface area contributed by atoms with Crippen molar-refractivity contribution in [2.24, 2.45) is 5.92 Å². The van der Waals surface area contributed by atoms with E-state index < -0.39 is 12.0 Å². The monoisotopic (exact) mass is 302 g/mol. The van der Waals surface area contributed by atoms with Crippen LogP contribution in [-0.4, -0.2) is 58.4 Å². The molecule has 0 spiro atoms. The van der Waals surface area contributed by atoms with Crippen molar-refractivity contribution in [2.45, 2.75) is 44.1 Å². The molecule has 2 aliphatic rings. The Bertz CT molecular complexity index is 375. The van der Waals surface area contributed by atoms with Gasteiger partial charge in [-0.15, -0.1) is 11.8 Å². The summed E-state index contributed by atoms with van der Waals surface area (Å²) in [5.74, 6) is 0.00888. The molecule has 1 saturated carbocycles. The van der Waals surface area contributed by atoms with Crippen LogP contribution in [0.15, 0.2) is 0 Å². The summed E-state index contributed by atoms with van der Waals surface area (Å²) in [6, 6.07) is -1.13. The third kappa shape index (κ3) is 3.58. The van der Waals surface area contributed by atoms with Gasteiger partial charge in [-0.1, -0.05) is 0 Å². The van der Waals surface area contributed by atoms with Crippen LogP contribution in [0.1, 0.15) is 26.7 Å². The van der Waals surface area contributed by atoms with Gasteiger partial charge >= 0.3 is 12.0 Å². The van der Waals surface area contributed by atoms with Crippen molar-refractivity contribution in [2.75, 3.05) is 19.0 Å². The van der Waals surface area contributed by atoms with Crippen LogP contribution in [0.25, 0.3) is 0 Å². The van der Waals surface area contributed by atoms with Crippen molar-refractivity contribution in [3.8, 4) is 0 Å². The minimum atomic E-state index is -0.923. The van der Waals surface area contributed by atoms with E-state index >= 15 is 0 Å². The van der Waals surface area contributed by atoms with Gasteiger partial charge in [0, 0.05) is 12.4 Å². The van der Waals surface area contributed by atoms with Crippen LogP contribution in [0.5, 0.6) is 0 Å². The molecule has 114 valence electrons. The molecule has 1 aliphatic carbocycles. The maximum atomic E-state index is 12.4. The topological polar surface area (TPSA) is 78.9 Å². The summed E-state index contributed by atoms with van der Waals surface area (Å²) in [5, 5.41) is 12.1. The quantitative estimate of drug-likeness (QED) is 0.774. The number of carboxylic acid groups (broad SMARTS) is 1. The smallest absolute Gasteiger partial charge is 0.327 e. The van der Waals surface area contributed by atoms with Gasteiger partial charge in [0.05, 0.1) is 18.0 Å². The fourth-order valence-electron chi connectivity index (χ4n) is 2.34. The number of carbonyl (C=O) groups is 2. The zero-order valence-electron chi connectivity index (χ0n) is 11.9. The van der Waals surface area contributed by atoms with Crippen LogP contribution >= 0.6 is 11.8 Å². The van der Waals surface area contributed by atoms with Crippen molar-refractivity contribution < 1.29 is 19.4 Å². The third-order valence-corrected chi connectivity index (χ3v) is 4.98. The number of aliphatic carboxylic acids is 1. The molecule has 1 heterocycles. The van der Waals surface area contributed by atoms with Crippen LogP contribution in [0.3, 0.4) is 0 Å². The van der Waals surface area contributed by atoms with Crippen molar-refractivity contribution in [3.63, 3.8) is 0 Å². The maximum Gasteiger partial charge on any atom is 0.327 e. The summed E-state index contributed by atoms with van der Waals surface area (Å²) in [7, 11) is 0. The number of thioether (sulfide) groups is 1. The normalized spacial score (nSPS) is 27.4. The Morgan fingerprint density at radius 2 is 2.20 bits per heavy atom. The molecule has 2 N–H and O–H groups in total. The second-order valence-electron chi connectivity index (χ2n) is 5.33. The van der Waals surface area contributed by atoms with Gasteiger partial charge < -0.3 is 15.2 Å². The lowest BCUT2D eigenvalue weighted by molar-refractivity contribution is -0.141. The lowest BCUT2D eigenvalue weighted by atomic mass is 10.2. The fraction of sp³-hybridized carbons (Fsp3) is 0.846. The van der Waals surface area contributed by atoms with Crippen molar-refractivity contribution in [1.82, 2.24) is 10.2 Å². The van der Waals surface area contributed by atoms with Crippen molar-refractivity contribution >= 4 is 23.8 Å². The molecule has 3 atom stereocenters. The lowest BCUT2D eigenvalue weighted by Gasteiger charge is -2.29. The van der Waals surface area contributed by atoms with Gasteiger partial charge in [-0.2, -0.15) is 0 Å². The molecule has 0 aromatic carbocycles. The Labute approximate surface area is 123 Å². The highest BCUT2D eigenvalue weighted by molar-refractivity contribution is 8.00.